The van der Waals surface area contributed by atoms with Crippen LogP contribution in [0.1, 0.15) is 31.2 Å². The molecule has 1 aromatic rings. The van der Waals surface area contributed by atoms with Crippen molar-refractivity contribution in [2.45, 2.75) is 32.1 Å². The number of rotatable bonds is 2. The molecule has 1 aliphatic rings. The largest absolute Gasteiger partial charge is 0.0847 e. The molecule has 0 fully saturated rings. The zero-order valence-electron chi connectivity index (χ0n) is 8.58. The van der Waals surface area contributed by atoms with Crippen LogP contribution in [-0.2, 0) is 6.42 Å². The Morgan fingerprint density at radius 3 is 2.57 bits per heavy atom. The van der Waals surface area contributed by atoms with Crippen LogP contribution in [0, 0.1) is 6.42 Å². The van der Waals surface area contributed by atoms with Gasteiger partial charge in [-0.2, -0.15) is 0 Å². The Labute approximate surface area is 86.7 Å². The minimum atomic E-state index is 1.11. The molecule has 0 bridgehead atoms. The first-order valence-electron chi connectivity index (χ1n) is 5.51. The minimum Gasteiger partial charge on any atom is -0.0847 e. The molecule has 1 aliphatic carbocycles. The van der Waals surface area contributed by atoms with Gasteiger partial charge in [-0.05, 0) is 37.7 Å². The lowest BCUT2D eigenvalue weighted by Gasteiger charge is -2.04. The standard InChI is InChI=1S/C14H17/c1-2-5-9-13(8-4-1)12-14-10-6-3-7-11-14/h3,6-11H,1-2,4-5,12H2. The lowest BCUT2D eigenvalue weighted by atomic mass is 10.0. The summed E-state index contributed by atoms with van der Waals surface area (Å²) in [6.07, 6.45) is 11.2. The summed E-state index contributed by atoms with van der Waals surface area (Å²) in [4.78, 5) is 0. The van der Waals surface area contributed by atoms with Gasteiger partial charge in [0.15, 0.2) is 0 Å². The molecule has 0 saturated heterocycles. The van der Waals surface area contributed by atoms with Crippen molar-refractivity contribution in [1.29, 1.82) is 0 Å². The van der Waals surface area contributed by atoms with Crippen LogP contribution in [0.25, 0.3) is 0 Å². The topological polar surface area (TPSA) is 0 Å². The average molecular weight is 185 g/mol. The Morgan fingerprint density at radius 2 is 1.71 bits per heavy atom. The second kappa shape index (κ2) is 4.99. The average Bonchev–Trinajstić information content (AvgIpc) is 2.48. The third kappa shape index (κ3) is 2.73. The Hall–Kier alpha value is -1.04. The van der Waals surface area contributed by atoms with Crippen molar-refractivity contribution in [2.24, 2.45) is 0 Å². The van der Waals surface area contributed by atoms with Crippen LogP contribution in [0.4, 0.5) is 0 Å². The molecular formula is C14H17. The van der Waals surface area contributed by atoms with Gasteiger partial charge in [-0.15, -0.1) is 0 Å². The first-order chi connectivity index (χ1) is 6.95. The second-order valence-electron chi connectivity index (χ2n) is 3.93. The van der Waals surface area contributed by atoms with E-state index in [4.69, 9.17) is 0 Å². The molecule has 0 aliphatic heterocycles. The molecule has 2 rings (SSSR count). The van der Waals surface area contributed by atoms with Crippen LogP contribution in [0.2, 0.25) is 0 Å². The van der Waals surface area contributed by atoms with E-state index in [9.17, 15) is 0 Å². The smallest absolute Gasteiger partial charge is 0.00641 e. The fraction of sp³-hybridized carbons (Fsp3) is 0.357. The molecule has 1 radical (unpaired) electrons. The Bertz CT molecular complexity index is 295. The highest BCUT2D eigenvalue weighted by molar-refractivity contribution is 5.26. The summed E-state index contributed by atoms with van der Waals surface area (Å²) >= 11 is 0. The van der Waals surface area contributed by atoms with E-state index in [0.29, 0.717) is 0 Å². The van der Waals surface area contributed by atoms with Crippen LogP contribution in [0.15, 0.2) is 42.0 Å². The van der Waals surface area contributed by atoms with Crippen molar-refractivity contribution < 1.29 is 0 Å². The van der Waals surface area contributed by atoms with Crippen LogP contribution < -0.4 is 0 Å². The van der Waals surface area contributed by atoms with Gasteiger partial charge in [-0.1, -0.05) is 48.4 Å². The molecule has 0 nitrogen and oxygen atoms in total. The maximum absolute atomic E-state index is 2.40. The predicted molar refractivity (Wildman–Crippen MR) is 61.0 cm³/mol. The predicted octanol–water partition coefficient (Wildman–Crippen LogP) is 3.93. The van der Waals surface area contributed by atoms with Gasteiger partial charge >= 0.3 is 0 Å². The summed E-state index contributed by atoms with van der Waals surface area (Å²) in [6.45, 7) is 0. The highest BCUT2D eigenvalue weighted by atomic mass is 14.1. The van der Waals surface area contributed by atoms with E-state index in [2.05, 4.69) is 42.8 Å². The van der Waals surface area contributed by atoms with Gasteiger partial charge in [-0.3, -0.25) is 0 Å². The van der Waals surface area contributed by atoms with Crippen LogP contribution in [-0.4, -0.2) is 0 Å². The lowest BCUT2D eigenvalue weighted by molar-refractivity contribution is 0.762. The summed E-state index contributed by atoms with van der Waals surface area (Å²) in [5, 5.41) is 0. The zero-order valence-corrected chi connectivity index (χ0v) is 8.58. The van der Waals surface area contributed by atoms with Crippen LogP contribution in [0.5, 0.6) is 0 Å². The molecular weight excluding hydrogens is 168 g/mol. The van der Waals surface area contributed by atoms with E-state index in [-0.39, 0.29) is 0 Å². The van der Waals surface area contributed by atoms with Crippen molar-refractivity contribution in [1.82, 2.24) is 0 Å². The van der Waals surface area contributed by atoms with Crippen molar-refractivity contribution in [3.05, 3.63) is 54.0 Å². The van der Waals surface area contributed by atoms with Crippen molar-refractivity contribution >= 4 is 0 Å². The Balaban J connectivity index is 1.99. The summed E-state index contributed by atoms with van der Waals surface area (Å²) in [7, 11) is 0. The first kappa shape index (κ1) is 9.51. The van der Waals surface area contributed by atoms with Gasteiger partial charge in [0.2, 0.25) is 0 Å². The molecule has 0 heteroatoms. The van der Waals surface area contributed by atoms with E-state index in [1.165, 1.54) is 36.8 Å². The third-order valence-corrected chi connectivity index (χ3v) is 2.72. The van der Waals surface area contributed by atoms with Gasteiger partial charge in [0, 0.05) is 0 Å². The van der Waals surface area contributed by atoms with Gasteiger partial charge in [0.1, 0.15) is 0 Å². The fourth-order valence-electron chi connectivity index (χ4n) is 1.92. The van der Waals surface area contributed by atoms with Gasteiger partial charge in [0.25, 0.3) is 0 Å². The number of hydrogen-bond acceptors (Lipinski definition) is 0. The van der Waals surface area contributed by atoms with E-state index in [1.54, 1.807) is 0 Å². The van der Waals surface area contributed by atoms with E-state index in [0.717, 1.165) is 6.42 Å². The molecule has 0 N–H and O–H groups in total. The highest BCUT2D eigenvalue weighted by Crippen LogP contribution is 2.19. The van der Waals surface area contributed by atoms with E-state index < -0.39 is 0 Å². The monoisotopic (exact) mass is 185 g/mol. The quantitative estimate of drug-likeness (QED) is 0.654. The minimum absolute atomic E-state index is 1.11. The van der Waals surface area contributed by atoms with Crippen LogP contribution in [0.3, 0.4) is 0 Å². The molecule has 14 heavy (non-hydrogen) atoms. The summed E-state index contributed by atoms with van der Waals surface area (Å²) in [5.41, 5.74) is 2.95. The molecule has 73 valence electrons. The third-order valence-electron chi connectivity index (χ3n) is 2.72. The summed E-state index contributed by atoms with van der Waals surface area (Å²) < 4.78 is 0. The lowest BCUT2D eigenvalue weighted by Crippen LogP contribution is -1.90. The highest BCUT2D eigenvalue weighted by Gasteiger charge is 2.03. The van der Waals surface area contributed by atoms with Crippen molar-refractivity contribution in [2.75, 3.05) is 0 Å². The zero-order chi connectivity index (χ0) is 9.64. The normalized spacial score (nSPS) is 17.3. The number of hydrogen-bond donors (Lipinski definition) is 0. The van der Waals surface area contributed by atoms with Crippen molar-refractivity contribution in [3.8, 4) is 0 Å². The summed E-state index contributed by atoms with van der Waals surface area (Å²) in [5.74, 6) is 0. The number of benzene rings is 1. The SMILES string of the molecule is [CH]1CCCCC=C1Cc1ccccc1. The van der Waals surface area contributed by atoms with Gasteiger partial charge < -0.3 is 0 Å². The Kier molecular flexibility index (Phi) is 3.39. The van der Waals surface area contributed by atoms with E-state index in [1.807, 2.05) is 0 Å². The molecule has 1 aromatic carbocycles. The molecule has 0 amide bonds. The maximum atomic E-state index is 2.40. The van der Waals surface area contributed by atoms with E-state index >= 15 is 0 Å². The molecule has 0 spiro atoms. The molecule has 0 aromatic heterocycles. The molecule has 0 unspecified atom stereocenters. The summed E-state index contributed by atoms with van der Waals surface area (Å²) in [6, 6.07) is 10.7. The number of allylic oxidation sites excluding steroid dienone is 2. The Morgan fingerprint density at radius 1 is 0.929 bits per heavy atom. The van der Waals surface area contributed by atoms with Gasteiger partial charge in [-0.25, -0.2) is 0 Å². The van der Waals surface area contributed by atoms with Gasteiger partial charge in [0.05, 0.1) is 0 Å². The maximum Gasteiger partial charge on any atom is -0.00641 e. The molecule has 0 saturated carbocycles. The first-order valence-corrected chi connectivity index (χ1v) is 5.51. The fourth-order valence-corrected chi connectivity index (χ4v) is 1.92. The molecule has 0 atom stereocenters. The second-order valence-corrected chi connectivity index (χ2v) is 3.93. The van der Waals surface area contributed by atoms with Crippen LogP contribution >= 0.6 is 0 Å². The molecule has 0 heterocycles. The van der Waals surface area contributed by atoms with Crippen molar-refractivity contribution in [3.63, 3.8) is 0 Å².